The molecule has 0 saturated heterocycles. The molecule has 4 heteroatoms. The van der Waals surface area contributed by atoms with Gasteiger partial charge in [0.25, 0.3) is 0 Å². The zero-order valence-electron chi connectivity index (χ0n) is 10.9. The maximum Gasteiger partial charge on any atom is 0.143 e. The van der Waals surface area contributed by atoms with Crippen molar-refractivity contribution in [3.8, 4) is 5.75 Å². The van der Waals surface area contributed by atoms with E-state index in [0.29, 0.717) is 5.02 Å². The first-order chi connectivity index (χ1) is 8.61. The zero-order chi connectivity index (χ0) is 13.1. The van der Waals surface area contributed by atoms with Crippen molar-refractivity contribution >= 4 is 17.3 Å². The van der Waals surface area contributed by atoms with Gasteiger partial charge >= 0.3 is 0 Å². The molecular weight excluding hydrogens is 250 g/mol. The normalized spacial score (nSPS) is 23.8. The summed E-state index contributed by atoms with van der Waals surface area (Å²) in [5, 5.41) is 14.1. The monoisotopic (exact) mass is 269 g/mol. The summed E-state index contributed by atoms with van der Waals surface area (Å²) in [6, 6.07) is 3.89. The van der Waals surface area contributed by atoms with Crippen LogP contribution in [-0.2, 0) is 0 Å². The van der Waals surface area contributed by atoms with Crippen LogP contribution in [0.15, 0.2) is 12.1 Å². The molecule has 1 saturated carbocycles. The van der Waals surface area contributed by atoms with E-state index in [0.717, 1.165) is 42.7 Å². The van der Waals surface area contributed by atoms with E-state index < -0.39 is 0 Å². The van der Waals surface area contributed by atoms with Crippen LogP contribution in [0.1, 0.15) is 31.2 Å². The van der Waals surface area contributed by atoms with Gasteiger partial charge in [-0.25, -0.2) is 0 Å². The fraction of sp³-hybridized carbons (Fsp3) is 0.571. The number of aryl methyl sites for hydroxylation is 1. The summed E-state index contributed by atoms with van der Waals surface area (Å²) in [7, 11) is 1.63. The third-order valence-corrected chi connectivity index (χ3v) is 3.96. The molecule has 2 N–H and O–H groups in total. The lowest BCUT2D eigenvalue weighted by Gasteiger charge is -2.30. The molecule has 0 bridgehead atoms. The van der Waals surface area contributed by atoms with Crippen LogP contribution >= 0.6 is 11.6 Å². The van der Waals surface area contributed by atoms with Gasteiger partial charge in [0.15, 0.2) is 0 Å². The summed E-state index contributed by atoms with van der Waals surface area (Å²) in [6.45, 7) is 1.96. The molecule has 1 aromatic rings. The molecule has 2 atom stereocenters. The highest BCUT2D eigenvalue weighted by Gasteiger charge is 2.23. The first-order valence-electron chi connectivity index (χ1n) is 6.40. The van der Waals surface area contributed by atoms with Gasteiger partial charge in [-0.1, -0.05) is 24.4 Å². The number of aliphatic hydroxyl groups is 1. The Morgan fingerprint density at radius 3 is 2.72 bits per heavy atom. The number of halogens is 1. The Kier molecular flexibility index (Phi) is 4.36. The topological polar surface area (TPSA) is 41.5 Å². The standard InChI is InChI=1S/C14H20ClNO2/c1-9-7-12(14(18-2)8-10(9)15)16-11-5-3-4-6-13(11)17/h7-8,11,13,16-17H,3-6H2,1-2H3/t11-,13-/m1/s1. The van der Waals surface area contributed by atoms with E-state index >= 15 is 0 Å². The minimum atomic E-state index is -0.278. The van der Waals surface area contributed by atoms with Crippen molar-refractivity contribution < 1.29 is 9.84 Å². The number of anilines is 1. The number of methoxy groups -OCH3 is 1. The molecule has 1 aromatic carbocycles. The number of hydrogen-bond donors (Lipinski definition) is 2. The summed E-state index contributed by atoms with van der Waals surface area (Å²) >= 11 is 6.08. The second kappa shape index (κ2) is 5.81. The van der Waals surface area contributed by atoms with Crippen molar-refractivity contribution in [3.05, 3.63) is 22.7 Å². The van der Waals surface area contributed by atoms with Crippen LogP contribution in [-0.4, -0.2) is 24.4 Å². The number of aliphatic hydroxyl groups excluding tert-OH is 1. The van der Waals surface area contributed by atoms with Crippen LogP contribution in [0.3, 0.4) is 0 Å². The van der Waals surface area contributed by atoms with Gasteiger partial charge in [0.05, 0.1) is 24.9 Å². The first kappa shape index (κ1) is 13.5. The van der Waals surface area contributed by atoms with Crippen molar-refractivity contribution in [1.29, 1.82) is 0 Å². The van der Waals surface area contributed by atoms with Crippen LogP contribution < -0.4 is 10.1 Å². The van der Waals surface area contributed by atoms with E-state index in [1.54, 1.807) is 7.11 Å². The molecule has 0 radical (unpaired) electrons. The van der Waals surface area contributed by atoms with E-state index in [1.807, 2.05) is 19.1 Å². The van der Waals surface area contributed by atoms with E-state index in [9.17, 15) is 5.11 Å². The molecule has 1 aliphatic rings. The summed E-state index contributed by atoms with van der Waals surface area (Å²) in [4.78, 5) is 0. The smallest absolute Gasteiger partial charge is 0.143 e. The minimum absolute atomic E-state index is 0.105. The van der Waals surface area contributed by atoms with Crippen molar-refractivity contribution in [2.75, 3.05) is 12.4 Å². The lowest BCUT2D eigenvalue weighted by Crippen LogP contribution is -2.36. The number of nitrogens with one attached hydrogen (secondary N) is 1. The van der Waals surface area contributed by atoms with Gasteiger partial charge < -0.3 is 15.2 Å². The van der Waals surface area contributed by atoms with E-state index in [1.165, 1.54) is 0 Å². The highest BCUT2D eigenvalue weighted by Crippen LogP contribution is 2.33. The quantitative estimate of drug-likeness (QED) is 0.884. The van der Waals surface area contributed by atoms with Crippen LogP contribution in [0, 0.1) is 6.92 Å². The van der Waals surface area contributed by atoms with Crippen molar-refractivity contribution in [2.24, 2.45) is 0 Å². The van der Waals surface area contributed by atoms with Gasteiger partial charge in [0.2, 0.25) is 0 Å². The van der Waals surface area contributed by atoms with Crippen molar-refractivity contribution in [1.82, 2.24) is 0 Å². The van der Waals surface area contributed by atoms with Crippen molar-refractivity contribution in [3.63, 3.8) is 0 Å². The second-order valence-corrected chi connectivity index (χ2v) is 5.31. The lowest BCUT2D eigenvalue weighted by molar-refractivity contribution is 0.116. The summed E-state index contributed by atoms with van der Waals surface area (Å²) in [5.41, 5.74) is 1.91. The van der Waals surface area contributed by atoms with Crippen LogP contribution in [0.5, 0.6) is 5.75 Å². The zero-order valence-corrected chi connectivity index (χ0v) is 11.6. The van der Waals surface area contributed by atoms with Crippen LogP contribution in [0.4, 0.5) is 5.69 Å². The highest BCUT2D eigenvalue weighted by molar-refractivity contribution is 6.31. The van der Waals surface area contributed by atoms with E-state index in [-0.39, 0.29) is 12.1 Å². The molecule has 0 aliphatic heterocycles. The maximum atomic E-state index is 9.99. The predicted molar refractivity (Wildman–Crippen MR) is 74.6 cm³/mol. The van der Waals surface area contributed by atoms with E-state index in [2.05, 4.69) is 5.32 Å². The Hall–Kier alpha value is -0.930. The summed E-state index contributed by atoms with van der Waals surface area (Å²) in [5.74, 6) is 0.725. The summed E-state index contributed by atoms with van der Waals surface area (Å²) in [6.07, 6.45) is 3.85. The fourth-order valence-corrected chi connectivity index (χ4v) is 2.58. The SMILES string of the molecule is COc1cc(Cl)c(C)cc1N[C@@H]1CCCC[C@H]1O. The van der Waals surface area contributed by atoms with Gasteiger partial charge in [0, 0.05) is 11.1 Å². The average Bonchev–Trinajstić information content (AvgIpc) is 2.36. The molecule has 0 spiro atoms. The molecule has 0 aromatic heterocycles. The van der Waals surface area contributed by atoms with E-state index in [4.69, 9.17) is 16.3 Å². The molecule has 3 nitrogen and oxygen atoms in total. The molecule has 1 fully saturated rings. The Bertz CT molecular complexity index is 423. The average molecular weight is 270 g/mol. The maximum absolute atomic E-state index is 9.99. The number of benzene rings is 1. The number of rotatable bonds is 3. The molecule has 2 rings (SSSR count). The molecule has 0 heterocycles. The van der Waals surface area contributed by atoms with Gasteiger partial charge in [-0.3, -0.25) is 0 Å². The van der Waals surface area contributed by atoms with Gasteiger partial charge in [-0.15, -0.1) is 0 Å². The molecule has 1 aliphatic carbocycles. The molecule has 100 valence electrons. The molecule has 18 heavy (non-hydrogen) atoms. The molecular formula is C14H20ClNO2. The van der Waals surface area contributed by atoms with Crippen LogP contribution in [0.25, 0.3) is 0 Å². The largest absolute Gasteiger partial charge is 0.495 e. The van der Waals surface area contributed by atoms with Gasteiger partial charge in [-0.2, -0.15) is 0 Å². The predicted octanol–water partition coefficient (Wildman–Crippen LogP) is 3.37. The lowest BCUT2D eigenvalue weighted by atomic mass is 9.92. The Labute approximate surface area is 113 Å². The molecule has 0 amide bonds. The summed E-state index contributed by atoms with van der Waals surface area (Å²) < 4.78 is 5.33. The number of ether oxygens (including phenoxy) is 1. The van der Waals surface area contributed by atoms with Gasteiger partial charge in [-0.05, 0) is 31.4 Å². The van der Waals surface area contributed by atoms with Crippen LogP contribution in [0.2, 0.25) is 5.02 Å². The first-order valence-corrected chi connectivity index (χ1v) is 6.78. The van der Waals surface area contributed by atoms with Crippen molar-refractivity contribution in [2.45, 2.75) is 44.8 Å². The highest BCUT2D eigenvalue weighted by atomic mass is 35.5. The third kappa shape index (κ3) is 2.90. The molecule has 0 unspecified atom stereocenters. The second-order valence-electron chi connectivity index (χ2n) is 4.90. The Morgan fingerprint density at radius 1 is 1.33 bits per heavy atom. The third-order valence-electron chi connectivity index (χ3n) is 3.55. The minimum Gasteiger partial charge on any atom is -0.495 e. The fourth-order valence-electron chi connectivity index (χ4n) is 2.42. The Morgan fingerprint density at radius 2 is 2.06 bits per heavy atom. The number of hydrogen-bond acceptors (Lipinski definition) is 3. The van der Waals surface area contributed by atoms with Gasteiger partial charge in [0.1, 0.15) is 5.75 Å². The Balaban J connectivity index is 2.19.